The molecule has 1 aromatic heterocycles. The lowest BCUT2D eigenvalue weighted by molar-refractivity contribution is -0.138. The summed E-state index contributed by atoms with van der Waals surface area (Å²) in [6.45, 7) is 1.97. The van der Waals surface area contributed by atoms with Crippen LogP contribution in [0.1, 0.15) is 18.4 Å². The van der Waals surface area contributed by atoms with Crippen LogP contribution < -0.4 is 5.73 Å². The van der Waals surface area contributed by atoms with E-state index in [1.54, 1.807) is 6.07 Å². The molecule has 0 amide bonds. The molecule has 1 heterocycles. The van der Waals surface area contributed by atoms with E-state index in [-0.39, 0.29) is 6.42 Å². The van der Waals surface area contributed by atoms with Gasteiger partial charge in [0.15, 0.2) is 0 Å². The molecule has 0 radical (unpaired) electrons. The minimum atomic E-state index is -1.01. The molecule has 0 aliphatic carbocycles. The van der Waals surface area contributed by atoms with Gasteiger partial charge in [0.25, 0.3) is 0 Å². The van der Waals surface area contributed by atoms with Crippen LogP contribution >= 0.6 is 0 Å². The van der Waals surface area contributed by atoms with Crippen molar-refractivity contribution in [2.75, 3.05) is 0 Å². The fourth-order valence-corrected chi connectivity index (χ4v) is 1.03. The van der Waals surface area contributed by atoms with Crippen molar-refractivity contribution in [1.29, 1.82) is 0 Å². The zero-order valence-electron chi connectivity index (χ0n) is 7.49. The Morgan fingerprint density at radius 2 is 2.23 bits per heavy atom. The summed E-state index contributed by atoms with van der Waals surface area (Å²) >= 11 is 0. The maximum atomic E-state index is 10.4. The predicted octanol–water partition coefficient (Wildman–Crippen LogP) is 0.796. The van der Waals surface area contributed by atoms with Crippen LogP contribution in [0.4, 0.5) is 0 Å². The number of rotatable bonds is 4. The molecule has 0 fully saturated rings. The highest BCUT2D eigenvalue weighted by molar-refractivity contribution is 5.73. The number of hydrogen-bond acceptors (Lipinski definition) is 3. The molecule has 4 nitrogen and oxygen atoms in total. The largest absolute Gasteiger partial charge is 0.480 e. The Bertz CT molecular complexity index is 293. The van der Waals surface area contributed by atoms with Gasteiger partial charge >= 0.3 is 5.97 Å². The number of aryl methyl sites for hydroxylation is 1. The molecule has 0 saturated heterocycles. The lowest BCUT2D eigenvalue weighted by Crippen LogP contribution is -2.32. The van der Waals surface area contributed by atoms with Crippen LogP contribution in [0.5, 0.6) is 0 Å². The Morgan fingerprint density at radius 3 is 2.69 bits per heavy atom. The van der Waals surface area contributed by atoms with E-state index in [1.807, 2.05) is 13.0 Å². The normalized spacial score (nSPS) is 12.8. The summed E-state index contributed by atoms with van der Waals surface area (Å²) in [6, 6.07) is 2.72. The van der Waals surface area contributed by atoms with E-state index in [4.69, 9.17) is 15.3 Å². The zero-order valence-corrected chi connectivity index (χ0v) is 7.49. The number of nitrogens with two attached hydrogens (primary N) is 1. The summed E-state index contributed by atoms with van der Waals surface area (Å²) in [4.78, 5) is 10.4. The van der Waals surface area contributed by atoms with E-state index < -0.39 is 12.0 Å². The van der Waals surface area contributed by atoms with Gasteiger partial charge in [-0.2, -0.15) is 0 Å². The number of aliphatic carboxylic acids is 1. The first-order valence-electron chi connectivity index (χ1n) is 4.19. The Kier molecular flexibility index (Phi) is 3.08. The van der Waals surface area contributed by atoms with Crippen LogP contribution in [0.15, 0.2) is 16.5 Å². The van der Waals surface area contributed by atoms with Crippen molar-refractivity contribution in [1.82, 2.24) is 0 Å². The van der Waals surface area contributed by atoms with Gasteiger partial charge in [0.1, 0.15) is 17.6 Å². The molecule has 0 aliphatic rings. The second-order valence-electron chi connectivity index (χ2n) is 2.87. The number of carbonyl (C=O) groups is 1. The van der Waals surface area contributed by atoms with Gasteiger partial charge in [-0.1, -0.05) is 6.92 Å². The molecule has 1 rings (SSSR count). The van der Waals surface area contributed by atoms with Gasteiger partial charge in [-0.05, 0) is 12.1 Å². The minimum absolute atomic E-state index is 0.245. The maximum absolute atomic E-state index is 10.4. The van der Waals surface area contributed by atoms with Gasteiger partial charge in [-0.15, -0.1) is 0 Å². The standard InChI is InChI=1S/C9H13NO3/c1-2-6-3-4-7(13-6)5-8(10)9(11)12/h3-4,8H,2,5,10H2,1H3,(H,11,12)/t8-/m1/s1. The van der Waals surface area contributed by atoms with Crippen molar-refractivity contribution in [3.05, 3.63) is 23.7 Å². The maximum Gasteiger partial charge on any atom is 0.320 e. The molecule has 72 valence electrons. The fraction of sp³-hybridized carbons (Fsp3) is 0.444. The molecule has 1 atom stereocenters. The SMILES string of the molecule is CCc1ccc(C[C@@H](N)C(=O)O)o1. The highest BCUT2D eigenvalue weighted by Gasteiger charge is 2.14. The number of hydrogen-bond donors (Lipinski definition) is 2. The van der Waals surface area contributed by atoms with E-state index in [0.717, 1.165) is 12.2 Å². The first-order valence-corrected chi connectivity index (χ1v) is 4.19. The monoisotopic (exact) mass is 183 g/mol. The predicted molar refractivity (Wildman–Crippen MR) is 47.4 cm³/mol. The Hall–Kier alpha value is -1.29. The van der Waals surface area contributed by atoms with E-state index in [1.165, 1.54) is 0 Å². The molecule has 3 N–H and O–H groups in total. The Balaban J connectivity index is 2.58. The smallest absolute Gasteiger partial charge is 0.320 e. The number of carboxylic acid groups (broad SMARTS) is 1. The van der Waals surface area contributed by atoms with E-state index in [0.29, 0.717) is 5.76 Å². The molecule has 0 spiro atoms. The molecule has 1 aromatic rings. The summed E-state index contributed by atoms with van der Waals surface area (Å²) in [6.07, 6.45) is 1.05. The van der Waals surface area contributed by atoms with Crippen molar-refractivity contribution in [2.24, 2.45) is 5.73 Å². The van der Waals surface area contributed by atoms with Crippen LogP contribution in [0.2, 0.25) is 0 Å². The lowest BCUT2D eigenvalue weighted by Gasteiger charge is -2.02. The second-order valence-corrected chi connectivity index (χ2v) is 2.87. The molecule has 0 aliphatic heterocycles. The van der Waals surface area contributed by atoms with Gasteiger partial charge in [0.05, 0.1) is 0 Å². The van der Waals surface area contributed by atoms with Crippen molar-refractivity contribution < 1.29 is 14.3 Å². The van der Waals surface area contributed by atoms with Gasteiger partial charge in [-0.3, -0.25) is 4.79 Å². The van der Waals surface area contributed by atoms with Crippen LogP contribution in [-0.4, -0.2) is 17.1 Å². The third-order valence-electron chi connectivity index (χ3n) is 1.80. The van der Waals surface area contributed by atoms with Gasteiger partial charge in [-0.25, -0.2) is 0 Å². The Labute approximate surface area is 76.3 Å². The molecule has 0 aromatic carbocycles. The fourth-order valence-electron chi connectivity index (χ4n) is 1.03. The first kappa shape index (κ1) is 9.80. The van der Waals surface area contributed by atoms with E-state index in [9.17, 15) is 4.79 Å². The van der Waals surface area contributed by atoms with Crippen LogP contribution in [0.25, 0.3) is 0 Å². The van der Waals surface area contributed by atoms with Crippen LogP contribution in [-0.2, 0) is 17.6 Å². The van der Waals surface area contributed by atoms with E-state index >= 15 is 0 Å². The number of carboxylic acids is 1. The topological polar surface area (TPSA) is 76.5 Å². The highest BCUT2D eigenvalue weighted by Crippen LogP contribution is 2.09. The molecule has 13 heavy (non-hydrogen) atoms. The van der Waals surface area contributed by atoms with Crippen molar-refractivity contribution in [3.63, 3.8) is 0 Å². The molecule has 0 bridgehead atoms. The van der Waals surface area contributed by atoms with Crippen molar-refractivity contribution in [2.45, 2.75) is 25.8 Å². The van der Waals surface area contributed by atoms with Gasteiger partial charge in [0.2, 0.25) is 0 Å². The average molecular weight is 183 g/mol. The molecular weight excluding hydrogens is 170 g/mol. The van der Waals surface area contributed by atoms with E-state index in [2.05, 4.69) is 0 Å². The molecule has 0 unspecified atom stereocenters. The highest BCUT2D eigenvalue weighted by atomic mass is 16.4. The molecular formula is C9H13NO3. The third kappa shape index (κ3) is 2.59. The summed E-state index contributed by atoms with van der Waals surface area (Å²) in [5.74, 6) is 0.480. The summed E-state index contributed by atoms with van der Waals surface area (Å²) < 4.78 is 5.31. The van der Waals surface area contributed by atoms with Gasteiger partial charge < -0.3 is 15.3 Å². The van der Waals surface area contributed by atoms with Crippen molar-refractivity contribution in [3.8, 4) is 0 Å². The third-order valence-corrected chi connectivity index (χ3v) is 1.80. The lowest BCUT2D eigenvalue weighted by atomic mass is 10.2. The Morgan fingerprint density at radius 1 is 1.62 bits per heavy atom. The molecule has 0 saturated carbocycles. The average Bonchev–Trinajstić information content (AvgIpc) is 2.52. The first-order chi connectivity index (χ1) is 6.13. The summed E-state index contributed by atoms with van der Waals surface area (Å²) in [7, 11) is 0. The minimum Gasteiger partial charge on any atom is -0.480 e. The van der Waals surface area contributed by atoms with Crippen LogP contribution in [0.3, 0.4) is 0 Å². The molecule has 4 heteroatoms. The quantitative estimate of drug-likeness (QED) is 0.723. The van der Waals surface area contributed by atoms with Crippen molar-refractivity contribution >= 4 is 5.97 Å². The van der Waals surface area contributed by atoms with Gasteiger partial charge in [0, 0.05) is 12.8 Å². The second kappa shape index (κ2) is 4.09. The number of furan rings is 1. The van der Waals surface area contributed by atoms with Crippen LogP contribution in [0, 0.1) is 0 Å². The summed E-state index contributed by atoms with van der Waals surface area (Å²) in [5.41, 5.74) is 5.34. The summed E-state index contributed by atoms with van der Waals surface area (Å²) in [5, 5.41) is 8.54. The zero-order chi connectivity index (χ0) is 9.84.